The molecule has 2 amide bonds. The van der Waals surface area contributed by atoms with E-state index in [0.717, 1.165) is 13.2 Å². The first-order chi connectivity index (χ1) is 17.0. The van der Waals surface area contributed by atoms with Crippen molar-refractivity contribution in [2.45, 2.75) is 44.3 Å². The lowest BCUT2D eigenvalue weighted by molar-refractivity contribution is -0.348. The maximum atomic E-state index is 14.3. The van der Waals surface area contributed by atoms with Gasteiger partial charge in [0.2, 0.25) is 0 Å². The number of rotatable bonds is 7. The minimum Gasteiger partial charge on any atom is -0.346 e. The summed E-state index contributed by atoms with van der Waals surface area (Å²) in [5.41, 5.74) is -9.01. The number of benzene rings is 2. The Balaban J connectivity index is 2.34. The maximum Gasteiger partial charge on any atom is 0.435 e. The number of halogens is 8. The van der Waals surface area contributed by atoms with Crippen molar-refractivity contribution in [1.82, 2.24) is 5.32 Å². The van der Waals surface area contributed by atoms with Crippen LogP contribution in [-0.2, 0) is 15.5 Å². The molecule has 0 saturated carbocycles. The predicted octanol–water partition coefficient (Wildman–Crippen LogP) is 5.69. The van der Waals surface area contributed by atoms with Crippen LogP contribution in [0.3, 0.4) is 0 Å². The number of aryl methyl sites for hydroxylation is 1. The first kappa shape index (κ1) is 31.8. The van der Waals surface area contributed by atoms with Crippen molar-refractivity contribution in [2.75, 3.05) is 17.3 Å². The van der Waals surface area contributed by atoms with E-state index in [1.165, 1.54) is 32.0 Å². The number of anilines is 1. The fourth-order valence-corrected chi connectivity index (χ4v) is 5.57. The Labute approximate surface area is 227 Å². The zero-order chi connectivity index (χ0) is 29.5. The van der Waals surface area contributed by atoms with Crippen molar-refractivity contribution >= 4 is 49.9 Å². The SMILES string of the molecule is Cc1cc(C(F)(C(F)(F)F)C(F)(F)F)ccc1NC(=O)c1ccc(I)c(C(=O)NC(C)(C)CS(C)(=O)=O)c1. The molecule has 0 aliphatic rings. The first-order valence-corrected chi connectivity index (χ1v) is 13.7. The Kier molecular flexibility index (Phi) is 8.88. The van der Waals surface area contributed by atoms with Crippen LogP contribution in [0, 0.1) is 10.5 Å². The zero-order valence-corrected chi connectivity index (χ0v) is 23.2. The molecule has 0 saturated heterocycles. The molecule has 0 heterocycles. The summed E-state index contributed by atoms with van der Waals surface area (Å²) >= 11 is 1.82. The lowest BCUT2D eigenvalue weighted by Gasteiger charge is -2.30. The van der Waals surface area contributed by atoms with E-state index in [4.69, 9.17) is 0 Å². The van der Waals surface area contributed by atoms with Gasteiger partial charge in [-0.2, -0.15) is 26.3 Å². The molecule has 0 atom stereocenters. The van der Waals surface area contributed by atoms with Crippen LogP contribution in [0.1, 0.15) is 45.7 Å². The van der Waals surface area contributed by atoms with Gasteiger partial charge in [-0.15, -0.1) is 0 Å². The van der Waals surface area contributed by atoms with Gasteiger partial charge in [0, 0.05) is 32.2 Å². The Morgan fingerprint density at radius 1 is 0.895 bits per heavy atom. The van der Waals surface area contributed by atoms with Crippen LogP contribution in [0.5, 0.6) is 0 Å². The fourth-order valence-electron chi connectivity index (χ4n) is 3.61. The number of nitrogens with one attached hydrogen (secondary N) is 2. The molecule has 0 aromatic heterocycles. The van der Waals surface area contributed by atoms with E-state index in [-0.39, 0.29) is 34.2 Å². The highest BCUT2D eigenvalue weighted by Crippen LogP contribution is 2.53. The highest BCUT2D eigenvalue weighted by atomic mass is 127. The van der Waals surface area contributed by atoms with Crippen LogP contribution in [0.15, 0.2) is 36.4 Å². The van der Waals surface area contributed by atoms with Crippen molar-refractivity contribution in [2.24, 2.45) is 0 Å². The van der Waals surface area contributed by atoms with Gasteiger partial charge in [0.05, 0.1) is 11.3 Å². The number of alkyl halides is 7. The number of carbonyl (C=O) groups excluding carboxylic acids is 2. The van der Waals surface area contributed by atoms with Gasteiger partial charge in [0.25, 0.3) is 11.8 Å². The number of amides is 2. The minimum absolute atomic E-state index is 0.0180. The van der Waals surface area contributed by atoms with Gasteiger partial charge in [-0.05, 0) is 73.2 Å². The highest BCUT2D eigenvalue weighted by Gasteiger charge is 2.73. The van der Waals surface area contributed by atoms with Crippen LogP contribution in [0.2, 0.25) is 0 Å². The van der Waals surface area contributed by atoms with Crippen molar-refractivity contribution in [3.8, 4) is 0 Å². The molecule has 0 aliphatic heterocycles. The molecule has 0 spiro atoms. The molecule has 0 bridgehead atoms. The molecule has 2 aromatic carbocycles. The number of hydrogen-bond donors (Lipinski definition) is 2. The third kappa shape index (κ3) is 7.15. The maximum absolute atomic E-state index is 14.3. The average molecular weight is 682 g/mol. The summed E-state index contributed by atoms with van der Waals surface area (Å²) < 4.78 is 116. The molecular weight excluding hydrogens is 660 g/mol. The summed E-state index contributed by atoms with van der Waals surface area (Å²) in [6, 6.07) is 5.25. The number of carbonyl (C=O) groups is 2. The fraction of sp³-hybridized carbons (Fsp3) is 0.391. The molecule has 6 nitrogen and oxygen atoms in total. The molecule has 0 fully saturated rings. The quantitative estimate of drug-likeness (QED) is 0.290. The smallest absolute Gasteiger partial charge is 0.346 e. The van der Waals surface area contributed by atoms with E-state index in [1.807, 2.05) is 22.6 Å². The van der Waals surface area contributed by atoms with Crippen LogP contribution >= 0.6 is 22.6 Å². The Bertz CT molecular complexity index is 1340. The van der Waals surface area contributed by atoms with Crippen LogP contribution in [-0.4, -0.2) is 50.1 Å². The summed E-state index contributed by atoms with van der Waals surface area (Å²) in [7, 11) is -3.44. The van der Waals surface area contributed by atoms with Crippen LogP contribution in [0.25, 0.3) is 0 Å². The van der Waals surface area contributed by atoms with Gasteiger partial charge in [0.15, 0.2) is 0 Å². The van der Waals surface area contributed by atoms with E-state index in [0.29, 0.717) is 15.7 Å². The molecule has 0 radical (unpaired) electrons. The zero-order valence-electron chi connectivity index (χ0n) is 20.2. The van der Waals surface area contributed by atoms with Crippen molar-refractivity contribution in [3.63, 3.8) is 0 Å². The van der Waals surface area contributed by atoms with Crippen molar-refractivity contribution in [1.29, 1.82) is 0 Å². The molecule has 2 aromatic rings. The van der Waals surface area contributed by atoms with Crippen molar-refractivity contribution < 1.29 is 48.7 Å². The monoisotopic (exact) mass is 682 g/mol. The van der Waals surface area contributed by atoms with E-state index >= 15 is 0 Å². The largest absolute Gasteiger partial charge is 0.435 e. The molecule has 210 valence electrons. The van der Waals surface area contributed by atoms with E-state index in [9.17, 15) is 48.7 Å². The molecule has 2 rings (SSSR count). The predicted molar refractivity (Wildman–Crippen MR) is 134 cm³/mol. The third-order valence-corrected chi connectivity index (χ3v) is 7.39. The van der Waals surface area contributed by atoms with Gasteiger partial charge < -0.3 is 10.6 Å². The van der Waals surface area contributed by atoms with Crippen LogP contribution < -0.4 is 10.6 Å². The Morgan fingerprint density at radius 2 is 1.45 bits per heavy atom. The third-order valence-electron chi connectivity index (χ3n) is 5.20. The lowest BCUT2D eigenvalue weighted by atomic mass is 9.92. The molecule has 2 N–H and O–H groups in total. The topological polar surface area (TPSA) is 92.3 Å². The minimum atomic E-state index is -6.28. The summed E-state index contributed by atoms with van der Waals surface area (Å²) in [5.74, 6) is -1.91. The first-order valence-electron chi connectivity index (χ1n) is 10.5. The molecule has 0 aliphatic carbocycles. The normalized spacial score (nSPS) is 13.3. The van der Waals surface area contributed by atoms with Crippen molar-refractivity contribution in [3.05, 3.63) is 62.2 Å². The van der Waals surface area contributed by atoms with E-state index in [1.54, 1.807) is 0 Å². The summed E-state index contributed by atoms with van der Waals surface area (Å²) in [6.45, 7) is 4.07. The van der Waals surface area contributed by atoms with Crippen LogP contribution in [0.4, 0.5) is 36.4 Å². The molecular formula is C23H22F7IN2O4S. The summed E-state index contributed by atoms with van der Waals surface area (Å²) in [6.07, 6.45) is -11.6. The van der Waals surface area contributed by atoms with E-state index < -0.39 is 50.8 Å². The average Bonchev–Trinajstić information content (AvgIpc) is 2.70. The second-order valence-electron chi connectivity index (χ2n) is 9.24. The Hall–Kier alpha value is -2.43. The Morgan fingerprint density at radius 3 is 1.92 bits per heavy atom. The summed E-state index contributed by atoms with van der Waals surface area (Å²) in [4.78, 5) is 25.6. The van der Waals surface area contributed by atoms with Gasteiger partial charge in [-0.25, -0.2) is 12.8 Å². The molecule has 38 heavy (non-hydrogen) atoms. The van der Waals surface area contributed by atoms with Gasteiger partial charge in [-0.3, -0.25) is 9.59 Å². The van der Waals surface area contributed by atoms with Gasteiger partial charge in [0.1, 0.15) is 9.84 Å². The number of hydrogen-bond acceptors (Lipinski definition) is 4. The van der Waals surface area contributed by atoms with Gasteiger partial charge in [-0.1, -0.05) is 12.1 Å². The molecule has 15 heteroatoms. The summed E-state index contributed by atoms with van der Waals surface area (Å²) in [5, 5.41) is 4.88. The standard InChI is InChI=1S/C23H22F7IN2O4S/c1-12-9-14(21(24,22(25,26)27)23(28,29)30)6-8-17(12)32-18(34)13-5-7-16(31)15(10-13)19(35)33-20(2,3)11-38(4,36)37/h5-10H,11H2,1-4H3,(H,32,34)(H,33,35). The van der Waals surface area contributed by atoms with E-state index in [2.05, 4.69) is 10.6 Å². The second-order valence-corrected chi connectivity index (χ2v) is 12.5. The lowest BCUT2D eigenvalue weighted by Crippen LogP contribution is -2.50. The number of sulfone groups is 1. The van der Waals surface area contributed by atoms with Gasteiger partial charge >= 0.3 is 18.0 Å². The molecule has 0 unspecified atom stereocenters. The second kappa shape index (κ2) is 10.6. The highest BCUT2D eigenvalue weighted by molar-refractivity contribution is 14.1.